The van der Waals surface area contributed by atoms with Crippen LogP contribution in [-0.4, -0.2) is 4.98 Å². The Labute approximate surface area is 113 Å². The molecule has 0 aliphatic carbocycles. The number of benzene rings is 2. The van der Waals surface area contributed by atoms with Crippen molar-refractivity contribution in [2.45, 2.75) is 0 Å². The molecule has 0 unspecified atom stereocenters. The normalized spacial score (nSPS) is 11.3. The molecule has 0 amide bonds. The van der Waals surface area contributed by atoms with Crippen molar-refractivity contribution in [2.24, 2.45) is 0 Å². The first-order chi connectivity index (χ1) is 9.91. The van der Waals surface area contributed by atoms with Gasteiger partial charge in [0.1, 0.15) is 11.1 Å². The Morgan fingerprint density at radius 2 is 1.43 bits per heavy atom. The number of oxazole rings is 1. The van der Waals surface area contributed by atoms with Crippen LogP contribution in [0, 0.1) is 29.1 Å². The molecule has 2 aromatic carbocycles. The molecule has 0 spiro atoms. The molecule has 3 rings (SSSR count). The predicted octanol–water partition coefficient (Wildman–Crippen LogP) is 3.77. The van der Waals surface area contributed by atoms with E-state index in [9.17, 15) is 22.0 Å². The second-order valence-corrected chi connectivity index (χ2v) is 4.16. The molecule has 21 heavy (non-hydrogen) atoms. The van der Waals surface area contributed by atoms with Crippen molar-refractivity contribution >= 4 is 16.8 Å². The molecule has 0 saturated heterocycles. The highest BCUT2D eigenvalue weighted by Crippen LogP contribution is 2.33. The lowest BCUT2D eigenvalue weighted by Gasteiger charge is -2.04. The molecule has 3 aromatic rings. The van der Waals surface area contributed by atoms with Crippen LogP contribution in [0.5, 0.6) is 0 Å². The molecule has 2 N–H and O–H groups in total. The van der Waals surface area contributed by atoms with Gasteiger partial charge in [0.05, 0.1) is 5.69 Å². The van der Waals surface area contributed by atoms with Gasteiger partial charge in [-0.1, -0.05) is 6.07 Å². The minimum Gasteiger partial charge on any atom is -0.436 e. The van der Waals surface area contributed by atoms with Crippen LogP contribution < -0.4 is 5.73 Å². The zero-order chi connectivity index (χ0) is 15.3. The molecule has 1 aromatic heterocycles. The van der Waals surface area contributed by atoms with E-state index in [-0.39, 0.29) is 16.8 Å². The van der Waals surface area contributed by atoms with Gasteiger partial charge >= 0.3 is 0 Å². The first-order valence-electron chi connectivity index (χ1n) is 5.58. The third-order valence-electron chi connectivity index (χ3n) is 2.87. The van der Waals surface area contributed by atoms with Crippen molar-refractivity contribution in [3.05, 3.63) is 47.3 Å². The van der Waals surface area contributed by atoms with Crippen LogP contribution in [0.2, 0.25) is 0 Å². The number of nitrogens with zero attached hydrogens (tertiary/aromatic N) is 1. The number of nitrogens with two attached hydrogens (primary N) is 1. The standard InChI is InChI=1S/C13H5F5N2O/c14-7-6(8(15)10(17)11(18)9(7)16)13-20-12-4(19)2-1-3-5(12)21-13/h1-3H,19H2. The number of hydrogen-bond acceptors (Lipinski definition) is 3. The number of nitrogen functional groups attached to an aromatic ring is 1. The summed E-state index contributed by atoms with van der Waals surface area (Å²) in [5.41, 5.74) is 4.63. The zero-order valence-corrected chi connectivity index (χ0v) is 10.1. The van der Waals surface area contributed by atoms with E-state index in [1.54, 1.807) is 0 Å². The van der Waals surface area contributed by atoms with Gasteiger partial charge in [-0.05, 0) is 12.1 Å². The Morgan fingerprint density at radius 1 is 0.857 bits per heavy atom. The number of para-hydroxylation sites is 1. The first kappa shape index (κ1) is 13.3. The van der Waals surface area contributed by atoms with E-state index < -0.39 is 40.5 Å². The summed E-state index contributed by atoms with van der Waals surface area (Å²) in [4.78, 5) is 3.69. The smallest absolute Gasteiger partial charge is 0.233 e. The maximum atomic E-state index is 13.7. The number of aromatic nitrogens is 1. The molecule has 0 aliphatic heterocycles. The predicted molar refractivity (Wildman–Crippen MR) is 63.6 cm³/mol. The molecular weight excluding hydrogens is 295 g/mol. The van der Waals surface area contributed by atoms with Gasteiger partial charge in [-0.2, -0.15) is 0 Å². The molecule has 0 atom stereocenters. The summed E-state index contributed by atoms with van der Waals surface area (Å²) in [6.45, 7) is 0. The Kier molecular flexibility index (Phi) is 2.82. The lowest BCUT2D eigenvalue weighted by molar-refractivity contribution is 0.379. The van der Waals surface area contributed by atoms with Crippen molar-refractivity contribution in [3.63, 3.8) is 0 Å². The zero-order valence-electron chi connectivity index (χ0n) is 10.1. The van der Waals surface area contributed by atoms with Crippen LogP contribution in [0.15, 0.2) is 22.6 Å². The topological polar surface area (TPSA) is 52.0 Å². The van der Waals surface area contributed by atoms with Gasteiger partial charge in [-0.25, -0.2) is 26.9 Å². The number of hydrogen-bond donors (Lipinski definition) is 1. The molecule has 108 valence electrons. The minimum atomic E-state index is -2.25. The van der Waals surface area contributed by atoms with E-state index in [1.165, 1.54) is 18.2 Å². The summed E-state index contributed by atoms with van der Waals surface area (Å²) in [5, 5.41) is 0. The Morgan fingerprint density at radius 3 is 2.00 bits per heavy atom. The molecule has 0 saturated carbocycles. The molecule has 0 fully saturated rings. The summed E-state index contributed by atoms with van der Waals surface area (Å²) in [6.07, 6.45) is 0. The van der Waals surface area contributed by atoms with Crippen LogP contribution in [-0.2, 0) is 0 Å². The van der Waals surface area contributed by atoms with Gasteiger partial charge in [0, 0.05) is 0 Å². The summed E-state index contributed by atoms with van der Waals surface area (Å²) >= 11 is 0. The summed E-state index contributed by atoms with van der Waals surface area (Å²) in [5.74, 6) is -11.2. The van der Waals surface area contributed by atoms with Crippen molar-refractivity contribution in [3.8, 4) is 11.5 Å². The fraction of sp³-hybridized carbons (Fsp3) is 0. The summed E-state index contributed by atoms with van der Waals surface area (Å²) < 4.78 is 71.7. The van der Waals surface area contributed by atoms with Gasteiger partial charge in [0.25, 0.3) is 0 Å². The van der Waals surface area contributed by atoms with E-state index in [2.05, 4.69) is 4.98 Å². The molecule has 3 nitrogen and oxygen atoms in total. The lowest BCUT2D eigenvalue weighted by Crippen LogP contribution is -2.04. The number of halogens is 5. The van der Waals surface area contributed by atoms with E-state index in [1.807, 2.05) is 0 Å². The molecule has 1 heterocycles. The summed E-state index contributed by atoms with van der Waals surface area (Å²) in [6, 6.07) is 4.34. The number of rotatable bonds is 1. The van der Waals surface area contributed by atoms with E-state index in [0.717, 1.165) is 0 Å². The maximum absolute atomic E-state index is 13.7. The fourth-order valence-corrected chi connectivity index (χ4v) is 1.87. The van der Waals surface area contributed by atoms with Crippen LogP contribution >= 0.6 is 0 Å². The van der Waals surface area contributed by atoms with Crippen LogP contribution in [0.25, 0.3) is 22.6 Å². The quantitative estimate of drug-likeness (QED) is 0.322. The maximum Gasteiger partial charge on any atom is 0.233 e. The van der Waals surface area contributed by atoms with Crippen LogP contribution in [0.1, 0.15) is 0 Å². The Hall–Kier alpha value is -2.64. The van der Waals surface area contributed by atoms with Crippen molar-refractivity contribution in [1.82, 2.24) is 4.98 Å². The Bertz CT molecular complexity index is 846. The monoisotopic (exact) mass is 300 g/mol. The highest BCUT2D eigenvalue weighted by molar-refractivity contribution is 5.87. The van der Waals surface area contributed by atoms with Crippen molar-refractivity contribution in [1.29, 1.82) is 0 Å². The number of fused-ring (bicyclic) bond motifs is 1. The molecule has 0 bridgehead atoms. The van der Waals surface area contributed by atoms with E-state index in [0.29, 0.717) is 0 Å². The van der Waals surface area contributed by atoms with Gasteiger partial charge in [0.2, 0.25) is 11.7 Å². The average Bonchev–Trinajstić information content (AvgIpc) is 2.88. The number of anilines is 1. The second kappa shape index (κ2) is 4.44. The molecular formula is C13H5F5N2O. The average molecular weight is 300 g/mol. The Balaban J connectivity index is 2.35. The second-order valence-electron chi connectivity index (χ2n) is 4.16. The fourth-order valence-electron chi connectivity index (χ4n) is 1.87. The molecule has 0 radical (unpaired) electrons. The van der Waals surface area contributed by atoms with Gasteiger partial charge in [0.15, 0.2) is 28.9 Å². The highest BCUT2D eigenvalue weighted by atomic mass is 19.2. The van der Waals surface area contributed by atoms with Gasteiger partial charge in [-0.3, -0.25) is 0 Å². The third kappa shape index (κ3) is 1.83. The SMILES string of the molecule is Nc1cccc2oc(-c3c(F)c(F)c(F)c(F)c3F)nc12. The largest absolute Gasteiger partial charge is 0.436 e. The minimum absolute atomic E-state index is 0.0638. The van der Waals surface area contributed by atoms with Crippen LogP contribution in [0.4, 0.5) is 27.6 Å². The van der Waals surface area contributed by atoms with Crippen molar-refractivity contribution < 1.29 is 26.4 Å². The van der Waals surface area contributed by atoms with Crippen LogP contribution in [0.3, 0.4) is 0 Å². The van der Waals surface area contributed by atoms with Crippen molar-refractivity contribution in [2.75, 3.05) is 5.73 Å². The lowest BCUT2D eigenvalue weighted by atomic mass is 10.1. The summed E-state index contributed by atoms with van der Waals surface area (Å²) in [7, 11) is 0. The van der Waals surface area contributed by atoms with E-state index >= 15 is 0 Å². The molecule has 8 heteroatoms. The van der Waals surface area contributed by atoms with Gasteiger partial charge in [-0.15, -0.1) is 0 Å². The first-order valence-corrected chi connectivity index (χ1v) is 5.58. The highest BCUT2D eigenvalue weighted by Gasteiger charge is 2.29. The van der Waals surface area contributed by atoms with E-state index in [4.69, 9.17) is 10.2 Å². The third-order valence-corrected chi connectivity index (χ3v) is 2.87. The van der Waals surface area contributed by atoms with Gasteiger partial charge < -0.3 is 10.2 Å². The molecule has 0 aliphatic rings.